The topological polar surface area (TPSA) is 52.0 Å². The summed E-state index contributed by atoms with van der Waals surface area (Å²) in [5.74, 6) is 1.66. The van der Waals surface area contributed by atoms with Gasteiger partial charge in [0.1, 0.15) is 18.0 Å². The second kappa shape index (κ2) is 9.69. The standard InChI is InChI=1S/C20H26N2O3/c1-4-22(14-16-8-6-7-9-19(16)25-5-2)15-20(23)21-17-10-12-18(24-3)13-11-17/h6-13H,4-5,14-15H2,1-3H3,(H,21,23)/p+1. The minimum atomic E-state index is -0.00379. The molecule has 0 aromatic heterocycles. The number of carbonyl (C=O) groups excluding carboxylic acids is 1. The smallest absolute Gasteiger partial charge is 0.279 e. The van der Waals surface area contributed by atoms with Crippen molar-refractivity contribution in [3.05, 3.63) is 54.1 Å². The van der Waals surface area contributed by atoms with Crippen LogP contribution in [0.4, 0.5) is 5.69 Å². The Morgan fingerprint density at radius 1 is 1.08 bits per heavy atom. The third kappa shape index (κ3) is 5.80. The van der Waals surface area contributed by atoms with Crippen LogP contribution in [0.15, 0.2) is 48.5 Å². The van der Waals surface area contributed by atoms with Crippen molar-refractivity contribution in [2.45, 2.75) is 20.4 Å². The van der Waals surface area contributed by atoms with Crippen LogP contribution in [-0.2, 0) is 11.3 Å². The Kier molecular flexibility index (Phi) is 7.29. The van der Waals surface area contributed by atoms with E-state index in [-0.39, 0.29) is 5.91 Å². The second-order valence-electron chi connectivity index (χ2n) is 5.77. The van der Waals surface area contributed by atoms with E-state index in [4.69, 9.17) is 9.47 Å². The number of methoxy groups -OCH3 is 1. The second-order valence-corrected chi connectivity index (χ2v) is 5.77. The van der Waals surface area contributed by atoms with Crippen LogP contribution >= 0.6 is 0 Å². The predicted octanol–water partition coefficient (Wildman–Crippen LogP) is 2.14. The number of amides is 1. The molecule has 5 nitrogen and oxygen atoms in total. The minimum absolute atomic E-state index is 0.00379. The molecule has 0 aliphatic rings. The Morgan fingerprint density at radius 3 is 2.44 bits per heavy atom. The van der Waals surface area contributed by atoms with E-state index in [1.807, 2.05) is 49.4 Å². The highest BCUT2D eigenvalue weighted by molar-refractivity contribution is 5.91. The number of nitrogens with one attached hydrogen (secondary N) is 2. The summed E-state index contributed by atoms with van der Waals surface area (Å²) in [6, 6.07) is 15.3. The molecule has 2 aromatic rings. The molecule has 0 saturated heterocycles. The van der Waals surface area contributed by atoms with Gasteiger partial charge < -0.3 is 19.7 Å². The van der Waals surface area contributed by atoms with Crippen molar-refractivity contribution >= 4 is 11.6 Å². The van der Waals surface area contributed by atoms with Crippen LogP contribution in [0.2, 0.25) is 0 Å². The zero-order valence-electron chi connectivity index (χ0n) is 15.2. The molecule has 0 aliphatic carbocycles. The van der Waals surface area contributed by atoms with Gasteiger partial charge in [0, 0.05) is 11.3 Å². The number of ether oxygens (including phenoxy) is 2. The van der Waals surface area contributed by atoms with Crippen LogP contribution in [-0.4, -0.2) is 32.7 Å². The average molecular weight is 343 g/mol. The highest BCUT2D eigenvalue weighted by Gasteiger charge is 2.15. The molecule has 25 heavy (non-hydrogen) atoms. The summed E-state index contributed by atoms with van der Waals surface area (Å²) < 4.78 is 10.8. The molecular weight excluding hydrogens is 316 g/mol. The lowest BCUT2D eigenvalue weighted by Gasteiger charge is -2.19. The van der Waals surface area contributed by atoms with Gasteiger partial charge in [0.2, 0.25) is 0 Å². The number of carbonyl (C=O) groups is 1. The fourth-order valence-electron chi connectivity index (χ4n) is 2.63. The Bertz CT molecular complexity index is 671. The van der Waals surface area contributed by atoms with Crippen molar-refractivity contribution < 1.29 is 19.2 Å². The zero-order chi connectivity index (χ0) is 18.1. The maximum atomic E-state index is 12.3. The average Bonchev–Trinajstić information content (AvgIpc) is 2.63. The Morgan fingerprint density at radius 2 is 1.80 bits per heavy atom. The fraction of sp³-hybridized carbons (Fsp3) is 0.350. The van der Waals surface area contributed by atoms with Gasteiger partial charge in [-0.05, 0) is 50.2 Å². The molecule has 2 N–H and O–H groups in total. The van der Waals surface area contributed by atoms with Crippen molar-refractivity contribution in [3.8, 4) is 11.5 Å². The van der Waals surface area contributed by atoms with E-state index in [2.05, 4.69) is 18.3 Å². The molecule has 2 aromatic carbocycles. The quantitative estimate of drug-likeness (QED) is 0.733. The van der Waals surface area contributed by atoms with E-state index in [1.165, 1.54) is 4.90 Å². The van der Waals surface area contributed by atoms with Crippen LogP contribution in [0, 0.1) is 0 Å². The number of benzene rings is 2. The number of likely N-dealkylation sites (N-methyl/N-ethyl adjacent to an activating group) is 1. The van der Waals surface area contributed by atoms with Crippen LogP contribution in [0.5, 0.6) is 11.5 Å². The van der Waals surface area contributed by atoms with E-state index in [0.717, 1.165) is 35.8 Å². The molecule has 0 saturated carbocycles. The lowest BCUT2D eigenvalue weighted by atomic mass is 10.2. The van der Waals surface area contributed by atoms with Crippen LogP contribution in [0.3, 0.4) is 0 Å². The van der Waals surface area contributed by atoms with Crippen molar-refractivity contribution in [2.24, 2.45) is 0 Å². The molecule has 0 radical (unpaired) electrons. The number of hydrogen-bond donors (Lipinski definition) is 2. The number of hydrogen-bond acceptors (Lipinski definition) is 3. The third-order valence-electron chi connectivity index (χ3n) is 4.00. The first kappa shape index (κ1) is 18.8. The lowest BCUT2D eigenvalue weighted by Crippen LogP contribution is -3.11. The van der Waals surface area contributed by atoms with Crippen molar-refractivity contribution in [1.29, 1.82) is 0 Å². The molecule has 1 unspecified atom stereocenters. The first-order valence-corrected chi connectivity index (χ1v) is 8.64. The van der Waals surface area contributed by atoms with Crippen LogP contribution in [0.25, 0.3) is 0 Å². The summed E-state index contributed by atoms with van der Waals surface area (Å²) in [4.78, 5) is 13.5. The summed E-state index contributed by atoms with van der Waals surface area (Å²) in [7, 11) is 1.62. The van der Waals surface area contributed by atoms with Crippen LogP contribution < -0.4 is 19.7 Å². The van der Waals surface area contributed by atoms with Gasteiger partial charge in [0.15, 0.2) is 6.54 Å². The molecule has 0 bridgehead atoms. The molecule has 1 atom stereocenters. The van der Waals surface area contributed by atoms with E-state index in [9.17, 15) is 4.79 Å². The monoisotopic (exact) mass is 343 g/mol. The summed E-state index contributed by atoms with van der Waals surface area (Å²) in [5, 5.41) is 2.94. The van der Waals surface area contributed by atoms with Gasteiger partial charge in [-0.15, -0.1) is 0 Å². The maximum Gasteiger partial charge on any atom is 0.279 e. The van der Waals surface area contributed by atoms with Gasteiger partial charge in [-0.1, -0.05) is 12.1 Å². The fourth-order valence-corrected chi connectivity index (χ4v) is 2.63. The minimum Gasteiger partial charge on any atom is -0.497 e. The van der Waals surface area contributed by atoms with Gasteiger partial charge in [0.25, 0.3) is 5.91 Å². The highest BCUT2D eigenvalue weighted by Crippen LogP contribution is 2.17. The summed E-state index contributed by atoms with van der Waals surface area (Å²) in [6.45, 7) is 6.71. The van der Waals surface area contributed by atoms with Gasteiger partial charge in [-0.2, -0.15) is 0 Å². The third-order valence-corrected chi connectivity index (χ3v) is 4.00. The molecule has 2 rings (SSSR count). The first-order valence-electron chi connectivity index (χ1n) is 8.64. The maximum absolute atomic E-state index is 12.3. The number of anilines is 1. The van der Waals surface area contributed by atoms with Crippen molar-refractivity contribution in [2.75, 3.05) is 32.1 Å². The van der Waals surface area contributed by atoms with E-state index in [1.54, 1.807) is 7.11 Å². The molecular formula is C20H27N2O3+. The van der Waals surface area contributed by atoms with Gasteiger partial charge in [-0.25, -0.2) is 0 Å². The zero-order valence-corrected chi connectivity index (χ0v) is 15.2. The predicted molar refractivity (Wildman–Crippen MR) is 99.3 cm³/mol. The molecule has 134 valence electrons. The Balaban J connectivity index is 1.95. The van der Waals surface area contributed by atoms with E-state index < -0.39 is 0 Å². The highest BCUT2D eigenvalue weighted by atomic mass is 16.5. The van der Waals surface area contributed by atoms with Gasteiger partial charge >= 0.3 is 0 Å². The summed E-state index contributed by atoms with van der Waals surface area (Å²) in [5.41, 5.74) is 1.90. The Hall–Kier alpha value is -2.53. The Labute approximate surface area is 149 Å². The SMILES string of the molecule is CCOc1ccccc1C[NH+](CC)CC(=O)Nc1ccc(OC)cc1. The molecule has 1 amide bonds. The number of quaternary nitrogens is 1. The molecule has 0 heterocycles. The van der Waals surface area contributed by atoms with Crippen molar-refractivity contribution in [1.82, 2.24) is 0 Å². The molecule has 0 spiro atoms. The van der Waals surface area contributed by atoms with Crippen molar-refractivity contribution in [3.63, 3.8) is 0 Å². The number of rotatable bonds is 9. The molecule has 5 heteroatoms. The summed E-state index contributed by atoms with van der Waals surface area (Å²) >= 11 is 0. The first-order chi connectivity index (χ1) is 12.2. The normalized spacial score (nSPS) is 11.6. The van der Waals surface area contributed by atoms with Gasteiger partial charge in [0.05, 0.1) is 20.3 Å². The van der Waals surface area contributed by atoms with E-state index >= 15 is 0 Å². The van der Waals surface area contributed by atoms with Gasteiger partial charge in [-0.3, -0.25) is 4.79 Å². The van der Waals surface area contributed by atoms with E-state index in [0.29, 0.717) is 13.2 Å². The lowest BCUT2D eigenvalue weighted by molar-refractivity contribution is -0.903. The summed E-state index contributed by atoms with van der Waals surface area (Å²) in [6.07, 6.45) is 0. The molecule has 0 fully saturated rings. The molecule has 0 aliphatic heterocycles. The largest absolute Gasteiger partial charge is 0.497 e. The number of para-hydroxylation sites is 1. The van der Waals surface area contributed by atoms with Crippen LogP contribution in [0.1, 0.15) is 19.4 Å².